The van der Waals surface area contributed by atoms with E-state index in [9.17, 15) is 13.2 Å². The van der Waals surface area contributed by atoms with E-state index in [4.69, 9.17) is 0 Å². The average Bonchev–Trinajstić information content (AvgIpc) is 2.40. The third-order valence-corrected chi connectivity index (χ3v) is 5.55. The number of nitrogens with zero attached hydrogens (tertiary/aromatic N) is 1. The van der Waals surface area contributed by atoms with Crippen LogP contribution in [0.1, 0.15) is 17.5 Å². The molecule has 1 aromatic rings. The van der Waals surface area contributed by atoms with E-state index < -0.39 is 9.84 Å². The summed E-state index contributed by atoms with van der Waals surface area (Å²) in [6.07, 6.45) is 0.224. The minimum Gasteiger partial charge on any atom is -0.341 e. The van der Waals surface area contributed by atoms with Gasteiger partial charge < -0.3 is 10.2 Å². The van der Waals surface area contributed by atoms with Gasteiger partial charge in [-0.25, -0.2) is 8.42 Å². The number of rotatable bonds is 4. The molecule has 1 aliphatic heterocycles. The summed E-state index contributed by atoms with van der Waals surface area (Å²) in [5.74, 6) is 0.182. The first-order valence-corrected chi connectivity index (χ1v) is 8.92. The van der Waals surface area contributed by atoms with E-state index in [0.29, 0.717) is 13.1 Å². The van der Waals surface area contributed by atoms with E-state index in [-0.39, 0.29) is 29.9 Å². The molecule has 1 aromatic carbocycles. The smallest absolute Gasteiger partial charge is 0.224 e. The number of carbonyl (C=O) groups is 1. The quantitative estimate of drug-likeness (QED) is 0.890. The number of hydrogen-bond acceptors (Lipinski definition) is 4. The maximum absolute atomic E-state index is 12.2. The van der Waals surface area contributed by atoms with E-state index in [1.54, 1.807) is 11.9 Å². The van der Waals surface area contributed by atoms with Crippen molar-refractivity contribution in [3.05, 3.63) is 35.4 Å². The van der Waals surface area contributed by atoms with Gasteiger partial charge in [0.1, 0.15) is 0 Å². The highest BCUT2D eigenvalue weighted by Gasteiger charge is 2.26. The summed E-state index contributed by atoms with van der Waals surface area (Å²) in [4.78, 5) is 13.9. The van der Waals surface area contributed by atoms with Crippen LogP contribution < -0.4 is 5.32 Å². The first-order valence-electron chi connectivity index (χ1n) is 7.10. The largest absolute Gasteiger partial charge is 0.341 e. The van der Waals surface area contributed by atoms with Crippen LogP contribution in [-0.4, -0.2) is 50.4 Å². The molecule has 1 N–H and O–H groups in total. The van der Waals surface area contributed by atoms with Crippen molar-refractivity contribution < 1.29 is 13.2 Å². The van der Waals surface area contributed by atoms with E-state index in [0.717, 1.165) is 11.1 Å². The number of sulfone groups is 1. The number of hydrogen-bond donors (Lipinski definition) is 1. The Bertz CT molecular complexity index is 613. The standard InChI is InChI=1S/C15H22N2O3S/c1-12-5-3-4-6-13(12)10-17(2)15(18)9-14-11-21(19,20)8-7-16-14/h3-6,14,16H,7-11H2,1-2H3. The highest BCUT2D eigenvalue weighted by molar-refractivity contribution is 7.91. The lowest BCUT2D eigenvalue weighted by atomic mass is 10.1. The predicted octanol–water partition coefficient (Wildman–Crippen LogP) is 0.730. The number of carbonyl (C=O) groups excluding carboxylic acids is 1. The molecule has 1 aliphatic rings. The molecule has 2 rings (SSSR count). The van der Waals surface area contributed by atoms with Crippen molar-refractivity contribution in [1.29, 1.82) is 0 Å². The highest BCUT2D eigenvalue weighted by Crippen LogP contribution is 2.12. The summed E-state index contributed by atoms with van der Waals surface area (Å²) in [6, 6.07) is 7.68. The minimum atomic E-state index is -3.00. The zero-order valence-electron chi connectivity index (χ0n) is 12.5. The average molecular weight is 310 g/mol. The van der Waals surface area contributed by atoms with Crippen molar-refractivity contribution in [1.82, 2.24) is 10.2 Å². The van der Waals surface area contributed by atoms with Gasteiger partial charge in [0.05, 0.1) is 11.5 Å². The van der Waals surface area contributed by atoms with E-state index >= 15 is 0 Å². The van der Waals surface area contributed by atoms with Crippen molar-refractivity contribution >= 4 is 15.7 Å². The van der Waals surface area contributed by atoms with E-state index in [1.165, 1.54) is 0 Å². The zero-order valence-corrected chi connectivity index (χ0v) is 13.3. The first-order chi connectivity index (χ1) is 9.87. The number of amides is 1. The van der Waals surface area contributed by atoms with Gasteiger partial charge in [0.15, 0.2) is 9.84 Å². The second kappa shape index (κ2) is 6.58. The molecule has 116 valence electrons. The first kappa shape index (κ1) is 16.0. The molecule has 1 amide bonds. The van der Waals surface area contributed by atoms with Crippen molar-refractivity contribution in [3.63, 3.8) is 0 Å². The molecule has 0 radical (unpaired) electrons. The molecule has 0 bridgehead atoms. The highest BCUT2D eigenvalue weighted by atomic mass is 32.2. The fourth-order valence-corrected chi connectivity index (χ4v) is 3.94. The SMILES string of the molecule is Cc1ccccc1CN(C)C(=O)CC1CS(=O)(=O)CCN1. The normalized spacial score (nSPS) is 21.0. The molecular weight excluding hydrogens is 288 g/mol. The molecule has 0 saturated carbocycles. The van der Waals surface area contributed by atoms with Crippen LogP contribution in [-0.2, 0) is 21.2 Å². The third kappa shape index (κ3) is 4.54. The molecule has 1 heterocycles. The van der Waals surface area contributed by atoms with Gasteiger partial charge in [-0.15, -0.1) is 0 Å². The number of aryl methyl sites for hydroxylation is 1. The van der Waals surface area contributed by atoms with Crippen LogP contribution in [0, 0.1) is 6.92 Å². The topological polar surface area (TPSA) is 66.5 Å². The van der Waals surface area contributed by atoms with Crippen LogP contribution in [0.3, 0.4) is 0 Å². The van der Waals surface area contributed by atoms with Crippen LogP contribution in [0.25, 0.3) is 0 Å². The Labute approximate surface area is 126 Å². The Kier molecular flexibility index (Phi) is 5.00. The van der Waals surface area contributed by atoms with Crippen LogP contribution in [0.5, 0.6) is 0 Å². The lowest BCUT2D eigenvalue weighted by molar-refractivity contribution is -0.130. The van der Waals surface area contributed by atoms with Crippen LogP contribution in [0.4, 0.5) is 0 Å². The summed E-state index contributed by atoms with van der Waals surface area (Å²) in [7, 11) is -1.25. The Balaban J connectivity index is 1.92. The monoisotopic (exact) mass is 310 g/mol. The van der Waals surface area contributed by atoms with Gasteiger partial charge in [0.2, 0.25) is 5.91 Å². The molecule has 1 fully saturated rings. The maximum Gasteiger partial charge on any atom is 0.224 e. The molecule has 0 spiro atoms. The minimum absolute atomic E-state index is 0.0344. The van der Waals surface area contributed by atoms with Gasteiger partial charge in [-0.3, -0.25) is 4.79 Å². The van der Waals surface area contributed by atoms with Crippen molar-refractivity contribution in [2.24, 2.45) is 0 Å². The summed E-state index contributed by atoms with van der Waals surface area (Å²) in [5.41, 5.74) is 2.26. The fourth-order valence-electron chi connectivity index (χ4n) is 2.50. The predicted molar refractivity (Wildman–Crippen MR) is 82.7 cm³/mol. The van der Waals surface area contributed by atoms with Gasteiger partial charge in [-0.2, -0.15) is 0 Å². The van der Waals surface area contributed by atoms with Gasteiger partial charge in [0, 0.05) is 32.6 Å². The van der Waals surface area contributed by atoms with E-state index in [1.807, 2.05) is 31.2 Å². The second-order valence-electron chi connectivity index (χ2n) is 5.65. The lowest BCUT2D eigenvalue weighted by Crippen LogP contribution is -2.47. The summed E-state index contributed by atoms with van der Waals surface area (Å²) in [6.45, 7) is 3.00. The van der Waals surface area contributed by atoms with Gasteiger partial charge in [-0.05, 0) is 18.1 Å². The van der Waals surface area contributed by atoms with Gasteiger partial charge in [0.25, 0.3) is 0 Å². The van der Waals surface area contributed by atoms with Crippen molar-refractivity contribution in [2.45, 2.75) is 25.9 Å². The Hall–Kier alpha value is -1.40. The molecular formula is C15H22N2O3S. The fraction of sp³-hybridized carbons (Fsp3) is 0.533. The van der Waals surface area contributed by atoms with Crippen molar-refractivity contribution in [3.8, 4) is 0 Å². The van der Waals surface area contributed by atoms with Crippen molar-refractivity contribution in [2.75, 3.05) is 25.1 Å². The molecule has 6 heteroatoms. The summed E-state index contributed by atoms with van der Waals surface area (Å²) >= 11 is 0. The second-order valence-corrected chi connectivity index (χ2v) is 7.87. The van der Waals surface area contributed by atoms with Gasteiger partial charge in [-0.1, -0.05) is 24.3 Å². The molecule has 21 heavy (non-hydrogen) atoms. The zero-order chi connectivity index (χ0) is 15.5. The van der Waals surface area contributed by atoms with Crippen LogP contribution in [0.2, 0.25) is 0 Å². The Morgan fingerprint density at radius 2 is 2.10 bits per heavy atom. The van der Waals surface area contributed by atoms with Gasteiger partial charge >= 0.3 is 0 Å². The lowest BCUT2D eigenvalue weighted by Gasteiger charge is -2.26. The number of nitrogens with one attached hydrogen (secondary N) is 1. The molecule has 5 nitrogen and oxygen atoms in total. The van der Waals surface area contributed by atoms with Crippen LogP contribution in [0.15, 0.2) is 24.3 Å². The van der Waals surface area contributed by atoms with Crippen LogP contribution >= 0.6 is 0 Å². The molecule has 1 atom stereocenters. The summed E-state index contributed by atoms with van der Waals surface area (Å²) < 4.78 is 23.2. The van der Waals surface area contributed by atoms with E-state index in [2.05, 4.69) is 5.32 Å². The molecule has 0 aliphatic carbocycles. The summed E-state index contributed by atoms with van der Waals surface area (Å²) in [5, 5.41) is 3.11. The number of benzene rings is 1. The third-order valence-electron chi connectivity index (χ3n) is 3.82. The molecule has 0 aromatic heterocycles. The molecule has 1 unspecified atom stereocenters. The Morgan fingerprint density at radius 3 is 2.76 bits per heavy atom. The maximum atomic E-state index is 12.2. The molecule has 1 saturated heterocycles. The Morgan fingerprint density at radius 1 is 1.38 bits per heavy atom.